The maximum Gasteiger partial charge on any atom is 0.222 e. The monoisotopic (exact) mass is 886 g/mol. The Morgan fingerprint density at radius 1 is 0.397 bits per heavy atom. The molecule has 0 aromatic carbocycles. The van der Waals surface area contributed by atoms with Crippen LogP contribution < -0.4 is 5.32 Å². The first kappa shape index (κ1) is 61.6. The van der Waals surface area contributed by atoms with Gasteiger partial charge >= 0.3 is 0 Å². The zero-order valence-electron chi connectivity index (χ0n) is 42.5. The third-order valence-corrected chi connectivity index (χ3v) is 13.1. The molecule has 0 aliphatic heterocycles. The van der Waals surface area contributed by atoms with Crippen LogP contribution in [0.15, 0.2) is 36.5 Å². The van der Waals surface area contributed by atoms with E-state index in [-0.39, 0.29) is 18.9 Å². The predicted molar refractivity (Wildman–Crippen MR) is 278 cm³/mol. The van der Waals surface area contributed by atoms with Gasteiger partial charge in [0.1, 0.15) is 0 Å². The summed E-state index contributed by atoms with van der Waals surface area (Å²) in [4.78, 5) is 12.5. The maximum absolute atomic E-state index is 12.5. The summed E-state index contributed by atoms with van der Waals surface area (Å²) >= 11 is 0. The summed E-state index contributed by atoms with van der Waals surface area (Å²) in [6.45, 7) is 4.24. The highest BCUT2D eigenvalue weighted by atomic mass is 16.3. The SMILES string of the molecule is CCCCCCCCCCCCCC/C=C\CCCCCCCCCCCC(O)CC(=O)NC(CO)C(O)/C=C/CC/C=C/CCCCCCCCCCCCCCCCCCC. The Balaban J connectivity index is 3.60. The van der Waals surface area contributed by atoms with Gasteiger partial charge in [-0.05, 0) is 57.8 Å². The molecule has 0 heterocycles. The van der Waals surface area contributed by atoms with Crippen molar-refractivity contribution in [3.8, 4) is 0 Å². The molecule has 0 rings (SSSR count). The molecule has 0 saturated carbocycles. The number of allylic oxidation sites excluding steroid dienone is 5. The molecule has 0 bridgehead atoms. The lowest BCUT2D eigenvalue weighted by Crippen LogP contribution is -2.45. The van der Waals surface area contributed by atoms with Crippen molar-refractivity contribution in [2.45, 2.75) is 321 Å². The minimum absolute atomic E-state index is 0.00571. The zero-order chi connectivity index (χ0) is 45.8. The fraction of sp³-hybridized carbons (Fsp3) is 0.879. The normalized spacial score (nSPS) is 13.5. The average Bonchev–Trinajstić information content (AvgIpc) is 3.28. The second kappa shape index (κ2) is 53.2. The van der Waals surface area contributed by atoms with Crippen LogP contribution in [0.1, 0.15) is 303 Å². The van der Waals surface area contributed by atoms with Crippen molar-refractivity contribution in [3.05, 3.63) is 36.5 Å². The number of unbranched alkanes of at least 4 members (excludes halogenated alkanes) is 39. The van der Waals surface area contributed by atoms with E-state index in [0.717, 1.165) is 32.1 Å². The largest absolute Gasteiger partial charge is 0.394 e. The smallest absolute Gasteiger partial charge is 0.222 e. The van der Waals surface area contributed by atoms with Crippen molar-refractivity contribution in [2.75, 3.05) is 6.61 Å². The highest BCUT2D eigenvalue weighted by Crippen LogP contribution is 2.17. The molecule has 4 N–H and O–H groups in total. The lowest BCUT2D eigenvalue weighted by molar-refractivity contribution is -0.124. The Morgan fingerprint density at radius 3 is 1.02 bits per heavy atom. The van der Waals surface area contributed by atoms with Gasteiger partial charge in [-0.3, -0.25) is 4.79 Å². The fourth-order valence-corrected chi connectivity index (χ4v) is 8.82. The summed E-state index contributed by atoms with van der Waals surface area (Å²) in [5.41, 5.74) is 0. The van der Waals surface area contributed by atoms with Crippen LogP contribution in [-0.2, 0) is 4.79 Å². The van der Waals surface area contributed by atoms with E-state index in [9.17, 15) is 20.1 Å². The summed E-state index contributed by atoms with van der Waals surface area (Å²) in [6.07, 6.45) is 69.1. The number of amides is 1. The van der Waals surface area contributed by atoms with Crippen LogP contribution in [0.3, 0.4) is 0 Å². The Labute approximate surface area is 394 Å². The molecule has 3 atom stereocenters. The molecule has 5 nitrogen and oxygen atoms in total. The van der Waals surface area contributed by atoms with E-state index in [2.05, 4.69) is 43.5 Å². The first-order valence-electron chi connectivity index (χ1n) is 28.3. The fourth-order valence-electron chi connectivity index (χ4n) is 8.82. The molecule has 0 fully saturated rings. The molecule has 1 amide bonds. The van der Waals surface area contributed by atoms with E-state index in [1.165, 1.54) is 244 Å². The molecule has 5 heteroatoms. The van der Waals surface area contributed by atoms with Gasteiger partial charge < -0.3 is 20.6 Å². The van der Waals surface area contributed by atoms with Crippen molar-refractivity contribution in [2.24, 2.45) is 0 Å². The van der Waals surface area contributed by atoms with Crippen molar-refractivity contribution in [3.63, 3.8) is 0 Å². The number of hydrogen-bond donors (Lipinski definition) is 4. The molecule has 0 aromatic rings. The highest BCUT2D eigenvalue weighted by Gasteiger charge is 2.20. The Hall–Kier alpha value is -1.43. The van der Waals surface area contributed by atoms with E-state index >= 15 is 0 Å². The average molecular weight is 887 g/mol. The Kier molecular flexibility index (Phi) is 52.0. The highest BCUT2D eigenvalue weighted by molar-refractivity contribution is 5.76. The number of carbonyl (C=O) groups is 1. The summed E-state index contributed by atoms with van der Waals surface area (Å²) in [5, 5.41) is 33.4. The molecule has 0 aromatic heterocycles. The van der Waals surface area contributed by atoms with Crippen LogP contribution >= 0.6 is 0 Å². The molecule has 372 valence electrons. The van der Waals surface area contributed by atoms with E-state index in [1.54, 1.807) is 6.08 Å². The van der Waals surface area contributed by atoms with Crippen LogP contribution in [0, 0.1) is 0 Å². The van der Waals surface area contributed by atoms with Crippen molar-refractivity contribution in [1.82, 2.24) is 5.32 Å². The molecule has 0 spiro atoms. The number of nitrogens with one attached hydrogen (secondary N) is 1. The number of hydrogen-bond acceptors (Lipinski definition) is 4. The van der Waals surface area contributed by atoms with E-state index in [1.807, 2.05) is 6.08 Å². The summed E-state index contributed by atoms with van der Waals surface area (Å²) in [7, 11) is 0. The third-order valence-electron chi connectivity index (χ3n) is 13.1. The summed E-state index contributed by atoms with van der Waals surface area (Å²) in [6, 6.07) is -0.762. The van der Waals surface area contributed by atoms with E-state index < -0.39 is 18.2 Å². The molecule has 0 saturated heterocycles. The zero-order valence-corrected chi connectivity index (χ0v) is 42.5. The molecule has 3 unspecified atom stereocenters. The molecule has 63 heavy (non-hydrogen) atoms. The van der Waals surface area contributed by atoms with Crippen LogP contribution in [0.2, 0.25) is 0 Å². The van der Waals surface area contributed by atoms with E-state index in [0.29, 0.717) is 6.42 Å². The van der Waals surface area contributed by atoms with Gasteiger partial charge in [-0.25, -0.2) is 0 Å². The van der Waals surface area contributed by atoms with Gasteiger partial charge in [0.2, 0.25) is 5.91 Å². The number of aliphatic hydroxyl groups is 3. The summed E-state index contributed by atoms with van der Waals surface area (Å²) in [5.74, 6) is -0.323. The van der Waals surface area contributed by atoms with Gasteiger partial charge in [-0.1, -0.05) is 275 Å². The van der Waals surface area contributed by atoms with Gasteiger partial charge in [-0.2, -0.15) is 0 Å². The molecular formula is C58H111NO4. The van der Waals surface area contributed by atoms with Crippen LogP contribution in [0.25, 0.3) is 0 Å². The quantitative estimate of drug-likeness (QED) is 0.0362. The van der Waals surface area contributed by atoms with Gasteiger partial charge in [0, 0.05) is 0 Å². The van der Waals surface area contributed by atoms with E-state index in [4.69, 9.17) is 0 Å². The van der Waals surface area contributed by atoms with Gasteiger partial charge in [0.05, 0.1) is 31.3 Å². The van der Waals surface area contributed by atoms with Gasteiger partial charge in [-0.15, -0.1) is 0 Å². The lowest BCUT2D eigenvalue weighted by Gasteiger charge is -2.21. The minimum Gasteiger partial charge on any atom is -0.394 e. The van der Waals surface area contributed by atoms with Gasteiger partial charge in [0.25, 0.3) is 0 Å². The standard InChI is InChI=1S/C58H111NO4/c1-3-5-7-9-11-13-15-17-19-21-23-25-27-28-30-31-33-35-37-39-41-43-45-47-49-51-55(61)53-58(63)59-56(54-60)57(62)52-50-48-46-44-42-40-38-36-34-32-29-26-24-22-20-18-16-14-12-10-8-6-4-2/h28,30,42,44,50,52,55-57,60-62H,3-27,29,31-41,43,45-49,51,53-54H2,1-2H3,(H,59,63)/b30-28-,44-42+,52-50+. The van der Waals surface area contributed by atoms with Crippen molar-refractivity contribution >= 4 is 5.91 Å². The van der Waals surface area contributed by atoms with Crippen LogP contribution in [-0.4, -0.2) is 46.1 Å². The molecule has 0 aliphatic carbocycles. The first-order chi connectivity index (χ1) is 31.0. The molecule has 0 aliphatic rings. The molecular weight excluding hydrogens is 775 g/mol. The Morgan fingerprint density at radius 2 is 0.683 bits per heavy atom. The van der Waals surface area contributed by atoms with Gasteiger partial charge in [0.15, 0.2) is 0 Å². The lowest BCUT2D eigenvalue weighted by atomic mass is 10.0. The Bertz CT molecular complexity index is 978. The van der Waals surface area contributed by atoms with Crippen molar-refractivity contribution in [1.29, 1.82) is 0 Å². The molecule has 0 radical (unpaired) electrons. The topological polar surface area (TPSA) is 89.8 Å². The van der Waals surface area contributed by atoms with Crippen LogP contribution in [0.4, 0.5) is 0 Å². The second-order valence-corrected chi connectivity index (χ2v) is 19.5. The maximum atomic E-state index is 12.5. The predicted octanol–water partition coefficient (Wildman–Crippen LogP) is 17.4. The number of carbonyl (C=O) groups excluding carboxylic acids is 1. The van der Waals surface area contributed by atoms with Crippen molar-refractivity contribution < 1.29 is 20.1 Å². The third kappa shape index (κ3) is 49.8. The summed E-state index contributed by atoms with van der Waals surface area (Å²) < 4.78 is 0. The minimum atomic E-state index is -0.953. The first-order valence-corrected chi connectivity index (χ1v) is 28.3. The second-order valence-electron chi connectivity index (χ2n) is 19.5. The number of rotatable bonds is 52. The van der Waals surface area contributed by atoms with Crippen LogP contribution in [0.5, 0.6) is 0 Å². The number of aliphatic hydroxyl groups excluding tert-OH is 3.